The molecule has 0 amide bonds. The van der Waals surface area contributed by atoms with Gasteiger partial charge in [-0.05, 0) is 48.5 Å². The van der Waals surface area contributed by atoms with Gasteiger partial charge in [-0.2, -0.15) is 0 Å². The maximum atomic E-state index is 15.2. The van der Waals surface area contributed by atoms with E-state index in [0.717, 1.165) is 0 Å². The zero-order valence-electron chi connectivity index (χ0n) is 21.2. The SMILES string of the molecule is COc1ccc(OP(=O)(OC[C@@]2(C(F)F)O[C@@H](n3cc(Cl)c(=O)[nH]c3=O)[C@@H](F)[C@@H]2O)Oc2ccc(OC)cc2)cc1. The lowest BCUT2D eigenvalue weighted by Crippen LogP contribution is -2.52. The van der Waals surface area contributed by atoms with Crippen molar-refractivity contribution in [3.8, 4) is 23.0 Å². The van der Waals surface area contributed by atoms with Crippen LogP contribution in [0.5, 0.6) is 23.0 Å². The number of benzene rings is 2. The van der Waals surface area contributed by atoms with Crippen molar-refractivity contribution in [2.75, 3.05) is 20.8 Å². The van der Waals surface area contributed by atoms with Gasteiger partial charge in [-0.15, -0.1) is 0 Å². The predicted octanol–water partition coefficient (Wildman–Crippen LogP) is 3.72. The summed E-state index contributed by atoms with van der Waals surface area (Å²) in [5.74, 6) is 0.663. The zero-order chi connectivity index (χ0) is 29.9. The highest BCUT2D eigenvalue weighted by Gasteiger charge is 2.62. The number of aliphatic hydroxyl groups excluding tert-OH is 1. The summed E-state index contributed by atoms with van der Waals surface area (Å²) in [7, 11) is -2.05. The molecular weight excluding hydrogens is 600 g/mol. The molecule has 4 atom stereocenters. The maximum Gasteiger partial charge on any atom is 0.587 e. The van der Waals surface area contributed by atoms with Crippen LogP contribution in [0.3, 0.4) is 0 Å². The first-order valence-corrected chi connectivity index (χ1v) is 13.5. The van der Waals surface area contributed by atoms with Crippen LogP contribution in [0.15, 0.2) is 64.3 Å². The molecule has 1 aliphatic rings. The minimum absolute atomic E-state index is 0.0858. The van der Waals surface area contributed by atoms with Crippen LogP contribution in [-0.2, 0) is 13.8 Å². The number of hydrogen-bond acceptors (Lipinski definition) is 10. The molecule has 0 aliphatic carbocycles. The number of rotatable bonds is 11. The number of phosphoric acid groups is 1. The maximum absolute atomic E-state index is 15.2. The van der Waals surface area contributed by atoms with Crippen molar-refractivity contribution in [3.63, 3.8) is 0 Å². The molecule has 3 aromatic rings. The quantitative estimate of drug-likeness (QED) is 0.303. The second-order valence-corrected chi connectivity index (χ2v) is 10.5. The van der Waals surface area contributed by atoms with Crippen molar-refractivity contribution in [1.29, 1.82) is 0 Å². The van der Waals surface area contributed by atoms with E-state index >= 15 is 4.39 Å². The number of aromatic amines is 1. The third kappa shape index (κ3) is 6.39. The fourth-order valence-corrected chi connectivity index (χ4v) is 5.21. The van der Waals surface area contributed by atoms with Crippen molar-refractivity contribution in [2.24, 2.45) is 0 Å². The third-order valence-electron chi connectivity index (χ3n) is 5.98. The Balaban J connectivity index is 1.65. The van der Waals surface area contributed by atoms with E-state index in [-0.39, 0.29) is 11.5 Å². The molecule has 2 aromatic carbocycles. The van der Waals surface area contributed by atoms with Gasteiger partial charge in [0, 0.05) is 6.20 Å². The van der Waals surface area contributed by atoms with Gasteiger partial charge in [0.05, 0.1) is 20.8 Å². The molecule has 41 heavy (non-hydrogen) atoms. The van der Waals surface area contributed by atoms with Crippen molar-refractivity contribution in [3.05, 3.63) is 80.6 Å². The number of aromatic nitrogens is 2. The summed E-state index contributed by atoms with van der Waals surface area (Å²) in [6.45, 7) is -1.43. The fourth-order valence-electron chi connectivity index (χ4n) is 3.79. The van der Waals surface area contributed by atoms with E-state index in [1.165, 1.54) is 62.8 Å². The predicted molar refractivity (Wildman–Crippen MR) is 137 cm³/mol. The van der Waals surface area contributed by atoms with E-state index in [1.807, 2.05) is 0 Å². The van der Waals surface area contributed by atoms with Crippen molar-refractivity contribution in [2.45, 2.75) is 30.5 Å². The Morgan fingerprint density at radius 2 is 1.51 bits per heavy atom. The molecule has 0 saturated carbocycles. The number of H-pyrrole nitrogens is 1. The smallest absolute Gasteiger partial charge is 0.497 e. The van der Waals surface area contributed by atoms with Crippen LogP contribution in [-0.4, -0.2) is 59.8 Å². The van der Waals surface area contributed by atoms with Crippen molar-refractivity contribution < 1.29 is 50.6 Å². The number of ether oxygens (including phenoxy) is 3. The van der Waals surface area contributed by atoms with Crippen molar-refractivity contribution in [1.82, 2.24) is 9.55 Å². The molecule has 12 nitrogen and oxygen atoms in total. The molecule has 2 heterocycles. The molecule has 2 N–H and O–H groups in total. The second kappa shape index (κ2) is 12.2. The molecule has 17 heteroatoms. The standard InChI is InChI=1S/C24H23ClF3N2O10P/c1-35-13-3-7-15(8-4-13)39-41(34,40-16-9-5-14(36-2)6-10-16)37-12-24(22(27)28)19(31)18(26)21(38-24)30-11-17(25)20(32)29-23(30)33/h3-11,18-19,21-22,31H,12H2,1-2H3,(H,29,32,33)/t18-,19-,21+,24+/m0/s1. The molecule has 0 spiro atoms. The Bertz CT molecular complexity index is 1470. The highest BCUT2D eigenvalue weighted by Crippen LogP contribution is 2.52. The Kier molecular flexibility index (Phi) is 9.04. The molecule has 0 bridgehead atoms. The lowest BCUT2D eigenvalue weighted by molar-refractivity contribution is -0.193. The monoisotopic (exact) mass is 622 g/mol. The van der Waals surface area contributed by atoms with Gasteiger partial charge in [-0.3, -0.25) is 18.9 Å². The Morgan fingerprint density at radius 3 is 1.98 bits per heavy atom. The summed E-state index contributed by atoms with van der Waals surface area (Å²) in [6, 6.07) is 11.1. The van der Waals surface area contributed by atoms with Gasteiger partial charge < -0.3 is 28.4 Å². The number of methoxy groups -OCH3 is 2. The highest BCUT2D eigenvalue weighted by atomic mass is 35.5. The summed E-state index contributed by atoms with van der Waals surface area (Å²) in [5, 5.41) is 9.96. The number of halogens is 4. The van der Waals surface area contributed by atoms with Crippen LogP contribution in [0.1, 0.15) is 6.23 Å². The van der Waals surface area contributed by atoms with E-state index in [0.29, 0.717) is 22.3 Å². The summed E-state index contributed by atoms with van der Waals surface area (Å²) in [6.07, 6.45) is -10.4. The Morgan fingerprint density at radius 1 is 1.02 bits per heavy atom. The van der Waals surface area contributed by atoms with Crippen molar-refractivity contribution >= 4 is 19.4 Å². The summed E-state index contributed by atoms with van der Waals surface area (Å²) in [5.41, 5.74) is -5.44. The fraction of sp³-hybridized carbons (Fsp3) is 0.333. The van der Waals surface area contributed by atoms with Gasteiger partial charge >= 0.3 is 13.5 Å². The summed E-state index contributed by atoms with van der Waals surface area (Å²) >= 11 is 5.69. The van der Waals surface area contributed by atoms with Gasteiger partial charge in [-0.1, -0.05) is 11.6 Å². The van der Waals surface area contributed by atoms with Crippen LogP contribution in [0.2, 0.25) is 5.02 Å². The zero-order valence-corrected chi connectivity index (χ0v) is 22.9. The van der Waals surface area contributed by atoms with Crippen LogP contribution >= 0.6 is 19.4 Å². The molecule has 1 saturated heterocycles. The van der Waals surface area contributed by atoms with Gasteiger partial charge in [0.2, 0.25) is 0 Å². The average molecular weight is 623 g/mol. The Hall–Kier alpha value is -3.49. The van der Waals surface area contributed by atoms with E-state index in [4.69, 9.17) is 39.4 Å². The van der Waals surface area contributed by atoms with E-state index in [1.54, 1.807) is 4.98 Å². The summed E-state index contributed by atoms with van der Waals surface area (Å²) < 4.78 is 89.5. The second-order valence-electron chi connectivity index (χ2n) is 8.55. The molecule has 4 rings (SSSR count). The first kappa shape index (κ1) is 30.5. The summed E-state index contributed by atoms with van der Waals surface area (Å²) in [4.78, 5) is 25.6. The topological polar surface area (TPSA) is 148 Å². The van der Waals surface area contributed by atoms with E-state index < -0.39 is 61.2 Å². The molecule has 1 fully saturated rings. The molecule has 1 aliphatic heterocycles. The van der Waals surface area contributed by atoms with E-state index in [9.17, 15) is 28.0 Å². The molecule has 0 unspecified atom stereocenters. The van der Waals surface area contributed by atoms with Gasteiger partial charge in [-0.25, -0.2) is 22.5 Å². The third-order valence-corrected chi connectivity index (χ3v) is 7.57. The largest absolute Gasteiger partial charge is 0.587 e. The van der Waals surface area contributed by atoms with E-state index in [2.05, 4.69) is 0 Å². The number of phosphoric ester groups is 1. The average Bonchev–Trinajstić information content (AvgIpc) is 3.21. The Labute approximate surface area is 234 Å². The number of nitrogens with one attached hydrogen (secondary N) is 1. The molecule has 222 valence electrons. The van der Waals surface area contributed by atoms with Crippen LogP contribution in [0.25, 0.3) is 0 Å². The minimum Gasteiger partial charge on any atom is -0.497 e. The van der Waals surface area contributed by atoms with Crippen LogP contribution < -0.4 is 29.8 Å². The van der Waals surface area contributed by atoms with Gasteiger partial charge in [0.15, 0.2) is 18.0 Å². The molecular formula is C24H23ClF3N2O10P. The molecule has 1 aromatic heterocycles. The lowest BCUT2D eigenvalue weighted by atomic mass is 9.97. The van der Waals surface area contributed by atoms with Crippen LogP contribution in [0.4, 0.5) is 13.2 Å². The normalized spacial score (nSPS) is 22.5. The lowest BCUT2D eigenvalue weighted by Gasteiger charge is -2.31. The molecule has 0 radical (unpaired) electrons. The first-order valence-electron chi connectivity index (χ1n) is 11.6. The number of aliphatic hydroxyl groups is 1. The highest BCUT2D eigenvalue weighted by molar-refractivity contribution is 7.49. The van der Waals surface area contributed by atoms with Gasteiger partial charge in [0.1, 0.15) is 34.1 Å². The minimum atomic E-state index is -4.87. The van der Waals surface area contributed by atoms with Gasteiger partial charge in [0.25, 0.3) is 12.0 Å². The number of alkyl halides is 3. The number of nitrogens with zero attached hydrogens (tertiary/aromatic N) is 1. The first-order chi connectivity index (χ1) is 19.4. The number of hydrogen-bond donors (Lipinski definition) is 2. The van der Waals surface area contributed by atoms with Crippen LogP contribution in [0, 0.1) is 0 Å².